The molecule has 0 aliphatic carbocycles. The summed E-state index contributed by atoms with van der Waals surface area (Å²) in [5.41, 5.74) is 1.74. The molecule has 0 saturated carbocycles. The number of hydrogen-bond acceptors (Lipinski definition) is 2. The molecule has 2 rings (SSSR count). The molecule has 0 fully saturated rings. The highest BCUT2D eigenvalue weighted by atomic mass is 19.1. The van der Waals surface area contributed by atoms with Gasteiger partial charge >= 0.3 is 0 Å². The smallest absolute Gasteiger partial charge is 0.131 e. The lowest BCUT2D eigenvalue weighted by Gasteiger charge is -2.06. The number of aromatic hydroxyl groups is 2. The number of phenols is 2. The van der Waals surface area contributed by atoms with Gasteiger partial charge in [0, 0.05) is 11.6 Å². The van der Waals surface area contributed by atoms with E-state index in [-0.39, 0.29) is 17.3 Å². The van der Waals surface area contributed by atoms with Gasteiger partial charge in [-0.3, -0.25) is 0 Å². The monoisotopic (exact) mass is 218 g/mol. The van der Waals surface area contributed by atoms with Crippen LogP contribution in [0.25, 0.3) is 11.1 Å². The predicted molar refractivity (Wildman–Crippen MR) is 59.9 cm³/mol. The van der Waals surface area contributed by atoms with Gasteiger partial charge in [-0.15, -0.1) is 0 Å². The minimum Gasteiger partial charge on any atom is -0.508 e. The molecule has 0 atom stereocenters. The van der Waals surface area contributed by atoms with Crippen molar-refractivity contribution in [1.29, 1.82) is 0 Å². The first kappa shape index (κ1) is 10.5. The molecule has 0 saturated heterocycles. The number of aryl methyl sites for hydroxylation is 1. The van der Waals surface area contributed by atoms with Gasteiger partial charge in [-0.25, -0.2) is 4.39 Å². The molecular weight excluding hydrogens is 207 g/mol. The fourth-order valence-corrected chi connectivity index (χ4v) is 1.61. The van der Waals surface area contributed by atoms with Crippen LogP contribution in [-0.4, -0.2) is 10.2 Å². The highest BCUT2D eigenvalue weighted by molar-refractivity contribution is 5.68. The van der Waals surface area contributed by atoms with Crippen LogP contribution in [-0.2, 0) is 0 Å². The van der Waals surface area contributed by atoms with Gasteiger partial charge in [0.15, 0.2) is 0 Å². The molecule has 0 bridgehead atoms. The van der Waals surface area contributed by atoms with Crippen LogP contribution in [0.1, 0.15) is 5.56 Å². The quantitative estimate of drug-likeness (QED) is 0.771. The topological polar surface area (TPSA) is 40.5 Å². The zero-order valence-electron chi connectivity index (χ0n) is 8.74. The SMILES string of the molecule is Cc1ccc(F)c(-c2cc(O)cc(O)c2)c1. The summed E-state index contributed by atoms with van der Waals surface area (Å²) < 4.78 is 13.6. The zero-order valence-corrected chi connectivity index (χ0v) is 8.74. The van der Waals surface area contributed by atoms with Crippen molar-refractivity contribution >= 4 is 0 Å². The second-order valence-electron chi connectivity index (χ2n) is 3.72. The summed E-state index contributed by atoms with van der Waals surface area (Å²) in [6.45, 7) is 1.85. The molecular formula is C13H11FO2. The normalized spacial score (nSPS) is 10.4. The molecule has 0 aromatic heterocycles. The van der Waals surface area contributed by atoms with E-state index < -0.39 is 0 Å². The van der Waals surface area contributed by atoms with Gasteiger partial charge in [-0.2, -0.15) is 0 Å². The molecule has 0 unspecified atom stereocenters. The predicted octanol–water partition coefficient (Wildman–Crippen LogP) is 3.21. The lowest BCUT2D eigenvalue weighted by molar-refractivity contribution is 0.451. The van der Waals surface area contributed by atoms with E-state index in [1.165, 1.54) is 24.3 Å². The Balaban J connectivity index is 2.62. The Morgan fingerprint density at radius 3 is 2.19 bits per heavy atom. The van der Waals surface area contributed by atoms with E-state index in [0.29, 0.717) is 11.1 Å². The third kappa shape index (κ3) is 1.98. The van der Waals surface area contributed by atoms with Crippen LogP contribution >= 0.6 is 0 Å². The number of halogens is 1. The van der Waals surface area contributed by atoms with E-state index in [2.05, 4.69) is 0 Å². The fourth-order valence-electron chi connectivity index (χ4n) is 1.61. The third-order valence-electron chi connectivity index (χ3n) is 2.34. The van der Waals surface area contributed by atoms with E-state index in [1.807, 2.05) is 6.92 Å². The summed E-state index contributed by atoms with van der Waals surface area (Å²) in [7, 11) is 0. The van der Waals surface area contributed by atoms with Gasteiger partial charge in [-0.05, 0) is 36.8 Å². The number of rotatable bonds is 1. The van der Waals surface area contributed by atoms with Crippen LogP contribution in [0.5, 0.6) is 11.5 Å². The van der Waals surface area contributed by atoms with Gasteiger partial charge in [0.2, 0.25) is 0 Å². The lowest BCUT2D eigenvalue weighted by atomic mass is 10.0. The Hall–Kier alpha value is -2.03. The minimum absolute atomic E-state index is 0.0871. The van der Waals surface area contributed by atoms with Crippen molar-refractivity contribution in [3.63, 3.8) is 0 Å². The van der Waals surface area contributed by atoms with Crippen molar-refractivity contribution < 1.29 is 14.6 Å². The van der Waals surface area contributed by atoms with E-state index in [4.69, 9.17) is 0 Å². The van der Waals surface area contributed by atoms with Crippen LogP contribution in [0.3, 0.4) is 0 Å². The summed E-state index contributed by atoms with van der Waals surface area (Å²) >= 11 is 0. The first-order valence-electron chi connectivity index (χ1n) is 4.86. The molecule has 16 heavy (non-hydrogen) atoms. The first-order chi connectivity index (χ1) is 7.56. The molecule has 3 heteroatoms. The van der Waals surface area contributed by atoms with Crippen molar-refractivity contribution in [3.05, 3.63) is 47.8 Å². The molecule has 2 aromatic carbocycles. The van der Waals surface area contributed by atoms with Crippen LogP contribution in [0, 0.1) is 12.7 Å². The van der Waals surface area contributed by atoms with Crippen molar-refractivity contribution in [2.75, 3.05) is 0 Å². The maximum atomic E-state index is 13.6. The lowest BCUT2D eigenvalue weighted by Crippen LogP contribution is -1.85. The average molecular weight is 218 g/mol. The van der Waals surface area contributed by atoms with Crippen molar-refractivity contribution in [1.82, 2.24) is 0 Å². The highest BCUT2D eigenvalue weighted by Crippen LogP contribution is 2.30. The van der Waals surface area contributed by atoms with Crippen LogP contribution in [0.2, 0.25) is 0 Å². The summed E-state index contributed by atoms with van der Waals surface area (Å²) in [6, 6.07) is 8.74. The molecule has 0 radical (unpaired) electrons. The van der Waals surface area contributed by atoms with Gasteiger partial charge in [0.1, 0.15) is 17.3 Å². The molecule has 2 N–H and O–H groups in total. The largest absolute Gasteiger partial charge is 0.508 e. The summed E-state index contributed by atoms with van der Waals surface area (Å²) in [5.74, 6) is -0.553. The third-order valence-corrected chi connectivity index (χ3v) is 2.34. The molecule has 0 aliphatic rings. The van der Waals surface area contributed by atoms with Crippen molar-refractivity contribution in [3.8, 4) is 22.6 Å². The number of phenolic OH excluding ortho intramolecular Hbond substituents is 2. The van der Waals surface area contributed by atoms with E-state index in [9.17, 15) is 14.6 Å². The first-order valence-corrected chi connectivity index (χ1v) is 4.86. The van der Waals surface area contributed by atoms with Gasteiger partial charge in [0.25, 0.3) is 0 Å². The van der Waals surface area contributed by atoms with Gasteiger partial charge in [-0.1, -0.05) is 11.6 Å². The van der Waals surface area contributed by atoms with Gasteiger partial charge < -0.3 is 10.2 Å². The number of benzene rings is 2. The molecule has 2 aromatic rings. The molecule has 0 spiro atoms. The van der Waals surface area contributed by atoms with E-state index in [1.54, 1.807) is 12.1 Å². The Labute approximate surface area is 92.6 Å². The van der Waals surface area contributed by atoms with Gasteiger partial charge in [0.05, 0.1) is 0 Å². The summed E-state index contributed by atoms with van der Waals surface area (Å²) in [4.78, 5) is 0. The second-order valence-corrected chi connectivity index (χ2v) is 3.72. The molecule has 0 heterocycles. The molecule has 2 nitrogen and oxygen atoms in total. The molecule has 0 aliphatic heterocycles. The van der Waals surface area contributed by atoms with Crippen LogP contribution < -0.4 is 0 Å². The maximum absolute atomic E-state index is 13.6. The van der Waals surface area contributed by atoms with Crippen molar-refractivity contribution in [2.45, 2.75) is 6.92 Å². The maximum Gasteiger partial charge on any atom is 0.131 e. The van der Waals surface area contributed by atoms with Crippen molar-refractivity contribution in [2.24, 2.45) is 0 Å². The van der Waals surface area contributed by atoms with Crippen LogP contribution in [0.15, 0.2) is 36.4 Å². The zero-order chi connectivity index (χ0) is 11.7. The Morgan fingerprint density at radius 1 is 0.938 bits per heavy atom. The summed E-state index contributed by atoms with van der Waals surface area (Å²) in [6.07, 6.45) is 0. The van der Waals surface area contributed by atoms with Crippen LogP contribution in [0.4, 0.5) is 4.39 Å². The average Bonchev–Trinajstić information content (AvgIpc) is 2.20. The Kier molecular flexibility index (Phi) is 2.52. The standard InChI is InChI=1S/C13H11FO2/c1-8-2-3-13(14)12(4-8)9-5-10(15)7-11(16)6-9/h2-7,15-16H,1H3. The Morgan fingerprint density at radius 2 is 1.56 bits per heavy atom. The molecule has 82 valence electrons. The molecule has 0 amide bonds. The highest BCUT2D eigenvalue weighted by Gasteiger charge is 2.07. The Bertz CT molecular complexity index is 515. The summed E-state index contributed by atoms with van der Waals surface area (Å²) in [5, 5.41) is 18.7. The van der Waals surface area contributed by atoms with E-state index >= 15 is 0 Å². The fraction of sp³-hybridized carbons (Fsp3) is 0.0769. The second kappa shape index (κ2) is 3.85. The van der Waals surface area contributed by atoms with E-state index in [0.717, 1.165) is 5.56 Å². The number of hydrogen-bond donors (Lipinski definition) is 2. The minimum atomic E-state index is -0.379.